The fourth-order valence-electron chi connectivity index (χ4n) is 4.20. The molecule has 4 rings (SSSR count). The molecule has 2 aromatic carbocycles. The Hall–Kier alpha value is -3.32. The number of anilines is 1. The standard InChI is InChI=1S/C26H30FN5O/c1-30(2)25-14-23(21-13-26(33)32(4)16-21)28-24(29-25)17-31(3)15-18-7-5-8-19(11-18)20-9-6-10-22(27)12-20/h5-12,14,21H,13,15-17H2,1-4H3. The SMILES string of the molecule is CN(Cc1cccc(-c2cccc(F)c2)c1)Cc1nc(C2CC(=O)N(C)C2)cc(N(C)C)n1. The van der Waals surface area contributed by atoms with Crippen molar-refractivity contribution in [1.29, 1.82) is 0 Å². The lowest BCUT2D eigenvalue weighted by molar-refractivity contribution is -0.126. The van der Waals surface area contributed by atoms with Crippen LogP contribution in [-0.2, 0) is 17.9 Å². The van der Waals surface area contributed by atoms with Gasteiger partial charge in [0.15, 0.2) is 0 Å². The number of amides is 1. The minimum atomic E-state index is -0.237. The molecular weight excluding hydrogens is 417 g/mol. The average Bonchev–Trinajstić information content (AvgIpc) is 3.12. The third kappa shape index (κ3) is 5.54. The summed E-state index contributed by atoms with van der Waals surface area (Å²) in [4.78, 5) is 27.5. The molecule has 1 fully saturated rings. The zero-order valence-electron chi connectivity index (χ0n) is 19.6. The van der Waals surface area contributed by atoms with Crippen LogP contribution in [0.15, 0.2) is 54.6 Å². The zero-order valence-corrected chi connectivity index (χ0v) is 19.6. The van der Waals surface area contributed by atoms with Crippen molar-refractivity contribution < 1.29 is 9.18 Å². The molecule has 1 unspecified atom stereocenters. The average molecular weight is 448 g/mol. The number of aromatic nitrogens is 2. The summed E-state index contributed by atoms with van der Waals surface area (Å²) in [6.07, 6.45) is 0.489. The van der Waals surface area contributed by atoms with Crippen molar-refractivity contribution in [2.75, 3.05) is 39.6 Å². The molecule has 1 aliphatic heterocycles. The van der Waals surface area contributed by atoms with Gasteiger partial charge in [-0.2, -0.15) is 0 Å². The summed E-state index contributed by atoms with van der Waals surface area (Å²) in [5.74, 6) is 1.59. The van der Waals surface area contributed by atoms with E-state index in [0.29, 0.717) is 26.1 Å². The Bertz CT molecular complexity index is 1150. The number of benzene rings is 2. The maximum Gasteiger partial charge on any atom is 0.223 e. The van der Waals surface area contributed by atoms with Crippen molar-refractivity contribution in [2.45, 2.75) is 25.4 Å². The lowest BCUT2D eigenvalue weighted by Crippen LogP contribution is -2.22. The van der Waals surface area contributed by atoms with Crippen LogP contribution >= 0.6 is 0 Å². The smallest absolute Gasteiger partial charge is 0.223 e. The van der Waals surface area contributed by atoms with Crippen molar-refractivity contribution in [3.05, 3.63) is 77.5 Å². The molecular formula is C26H30FN5O. The first-order chi connectivity index (χ1) is 15.8. The molecule has 0 bridgehead atoms. The summed E-state index contributed by atoms with van der Waals surface area (Å²) in [5.41, 5.74) is 3.90. The quantitative estimate of drug-likeness (QED) is 0.549. The predicted octanol–water partition coefficient (Wildman–Crippen LogP) is 3.93. The van der Waals surface area contributed by atoms with Gasteiger partial charge in [-0.05, 0) is 41.9 Å². The molecule has 3 aromatic rings. The van der Waals surface area contributed by atoms with Crippen LogP contribution in [0.2, 0.25) is 0 Å². The fourth-order valence-corrected chi connectivity index (χ4v) is 4.20. The molecule has 172 valence electrons. The van der Waals surface area contributed by atoms with Crippen LogP contribution in [-0.4, -0.2) is 60.4 Å². The molecule has 1 aliphatic rings. The molecule has 0 saturated carbocycles. The predicted molar refractivity (Wildman–Crippen MR) is 128 cm³/mol. The fraction of sp³-hybridized carbons (Fsp3) is 0.346. The van der Waals surface area contributed by atoms with Crippen molar-refractivity contribution in [2.24, 2.45) is 0 Å². The van der Waals surface area contributed by atoms with Crippen molar-refractivity contribution >= 4 is 11.7 Å². The van der Waals surface area contributed by atoms with Crippen LogP contribution in [0.3, 0.4) is 0 Å². The Morgan fingerprint density at radius 2 is 1.73 bits per heavy atom. The van der Waals surface area contributed by atoms with E-state index in [1.165, 1.54) is 6.07 Å². The molecule has 2 heterocycles. The number of rotatable bonds is 7. The number of likely N-dealkylation sites (N-methyl/N-ethyl adjacent to an activating group) is 1. The number of likely N-dealkylation sites (tertiary alicyclic amines) is 1. The number of nitrogens with zero attached hydrogens (tertiary/aromatic N) is 5. The molecule has 1 aromatic heterocycles. The van der Waals surface area contributed by atoms with Crippen molar-refractivity contribution in [3.8, 4) is 11.1 Å². The van der Waals surface area contributed by atoms with E-state index in [9.17, 15) is 9.18 Å². The molecule has 1 saturated heterocycles. The Morgan fingerprint density at radius 1 is 1.00 bits per heavy atom. The van der Waals surface area contributed by atoms with Gasteiger partial charge in [0, 0.05) is 52.6 Å². The summed E-state index contributed by atoms with van der Waals surface area (Å²) in [6, 6.07) is 16.8. The monoisotopic (exact) mass is 447 g/mol. The van der Waals surface area contributed by atoms with Gasteiger partial charge in [0.25, 0.3) is 0 Å². The summed E-state index contributed by atoms with van der Waals surface area (Å²) >= 11 is 0. The van der Waals surface area contributed by atoms with Gasteiger partial charge in [0.1, 0.15) is 17.5 Å². The molecule has 6 nitrogen and oxygen atoms in total. The lowest BCUT2D eigenvalue weighted by Gasteiger charge is -2.20. The Balaban J connectivity index is 1.51. The lowest BCUT2D eigenvalue weighted by atomic mass is 10.0. The first kappa shape index (κ1) is 22.9. The normalized spacial score (nSPS) is 16.0. The van der Waals surface area contributed by atoms with Crippen molar-refractivity contribution in [1.82, 2.24) is 19.8 Å². The van der Waals surface area contributed by atoms with Crippen LogP contribution < -0.4 is 4.90 Å². The highest BCUT2D eigenvalue weighted by atomic mass is 19.1. The van der Waals surface area contributed by atoms with Gasteiger partial charge in [0.2, 0.25) is 5.91 Å². The molecule has 0 N–H and O–H groups in total. The minimum Gasteiger partial charge on any atom is -0.363 e. The molecule has 0 aliphatic carbocycles. The van der Waals surface area contributed by atoms with Crippen LogP contribution in [0.4, 0.5) is 10.2 Å². The van der Waals surface area contributed by atoms with E-state index in [0.717, 1.165) is 34.0 Å². The Kier molecular flexibility index (Phi) is 6.70. The number of hydrogen-bond acceptors (Lipinski definition) is 5. The maximum absolute atomic E-state index is 13.6. The Labute approximate surface area is 194 Å². The maximum atomic E-state index is 13.6. The third-order valence-electron chi connectivity index (χ3n) is 5.95. The van der Waals surface area contributed by atoms with Crippen LogP contribution in [0, 0.1) is 5.82 Å². The van der Waals surface area contributed by atoms with E-state index in [4.69, 9.17) is 9.97 Å². The van der Waals surface area contributed by atoms with Gasteiger partial charge < -0.3 is 9.80 Å². The first-order valence-electron chi connectivity index (χ1n) is 11.1. The molecule has 1 amide bonds. The molecule has 7 heteroatoms. The van der Waals surface area contributed by atoms with Crippen molar-refractivity contribution in [3.63, 3.8) is 0 Å². The van der Waals surface area contributed by atoms with Gasteiger partial charge in [-0.3, -0.25) is 9.69 Å². The van der Waals surface area contributed by atoms with E-state index in [1.54, 1.807) is 17.0 Å². The van der Waals surface area contributed by atoms with Crippen LogP contribution in [0.25, 0.3) is 11.1 Å². The summed E-state index contributed by atoms with van der Waals surface area (Å²) in [5, 5.41) is 0. The van der Waals surface area contributed by atoms with Crippen LogP contribution in [0.5, 0.6) is 0 Å². The minimum absolute atomic E-state index is 0.0937. The van der Waals surface area contributed by atoms with Crippen LogP contribution in [0.1, 0.15) is 29.4 Å². The topological polar surface area (TPSA) is 52.6 Å². The number of halogens is 1. The number of carbonyl (C=O) groups excluding carboxylic acids is 1. The molecule has 0 radical (unpaired) electrons. The Morgan fingerprint density at radius 3 is 2.39 bits per heavy atom. The second-order valence-electron chi connectivity index (χ2n) is 9.02. The van der Waals surface area contributed by atoms with Gasteiger partial charge in [-0.15, -0.1) is 0 Å². The second-order valence-corrected chi connectivity index (χ2v) is 9.02. The molecule has 1 atom stereocenters. The molecule has 0 spiro atoms. The van der Waals surface area contributed by atoms with Gasteiger partial charge in [-0.25, -0.2) is 14.4 Å². The summed E-state index contributed by atoms with van der Waals surface area (Å²) in [6.45, 7) is 1.97. The highest BCUT2D eigenvalue weighted by Gasteiger charge is 2.29. The van der Waals surface area contributed by atoms with E-state index >= 15 is 0 Å². The van der Waals surface area contributed by atoms with E-state index in [2.05, 4.69) is 17.0 Å². The first-order valence-corrected chi connectivity index (χ1v) is 11.1. The summed E-state index contributed by atoms with van der Waals surface area (Å²) in [7, 11) is 7.79. The number of carbonyl (C=O) groups is 1. The van der Waals surface area contributed by atoms with Gasteiger partial charge in [0.05, 0.1) is 12.2 Å². The van der Waals surface area contributed by atoms with E-state index < -0.39 is 0 Å². The third-order valence-corrected chi connectivity index (χ3v) is 5.95. The van der Waals surface area contributed by atoms with E-state index in [-0.39, 0.29) is 17.6 Å². The van der Waals surface area contributed by atoms with E-state index in [1.807, 2.05) is 57.4 Å². The molecule has 33 heavy (non-hydrogen) atoms. The second kappa shape index (κ2) is 9.67. The summed E-state index contributed by atoms with van der Waals surface area (Å²) < 4.78 is 13.6. The largest absolute Gasteiger partial charge is 0.363 e. The van der Waals surface area contributed by atoms with Gasteiger partial charge in [-0.1, -0.05) is 30.3 Å². The van der Waals surface area contributed by atoms with Gasteiger partial charge >= 0.3 is 0 Å². The zero-order chi connectivity index (χ0) is 23.5. The highest BCUT2D eigenvalue weighted by Crippen LogP contribution is 2.28. The highest BCUT2D eigenvalue weighted by molar-refractivity contribution is 5.79. The number of hydrogen-bond donors (Lipinski definition) is 0.